The zero-order valence-corrected chi connectivity index (χ0v) is 10.2. The lowest BCUT2D eigenvalue weighted by molar-refractivity contribution is 0.593. The molecule has 2 N–H and O–H groups in total. The van der Waals surface area contributed by atoms with E-state index in [9.17, 15) is 4.39 Å². The number of benzene rings is 1. The second-order valence-corrected chi connectivity index (χ2v) is 4.81. The van der Waals surface area contributed by atoms with E-state index in [1.54, 1.807) is 29.5 Å². The molecule has 0 amide bonds. The standard InChI is InChI=1S/C11H9BrFNS/c12-9-3-1-2-8(10(9)13)11(14)7-4-5-15-6-7/h1-6,11H,14H2/t11-/m1/s1. The highest BCUT2D eigenvalue weighted by atomic mass is 79.9. The van der Waals surface area contributed by atoms with E-state index >= 15 is 0 Å². The Morgan fingerprint density at radius 1 is 1.33 bits per heavy atom. The van der Waals surface area contributed by atoms with Gasteiger partial charge in [-0.25, -0.2) is 4.39 Å². The van der Waals surface area contributed by atoms with E-state index in [1.165, 1.54) is 0 Å². The normalized spacial score (nSPS) is 12.7. The van der Waals surface area contributed by atoms with Gasteiger partial charge in [0.15, 0.2) is 0 Å². The van der Waals surface area contributed by atoms with E-state index in [2.05, 4.69) is 15.9 Å². The Morgan fingerprint density at radius 3 is 2.80 bits per heavy atom. The van der Waals surface area contributed by atoms with Crippen LogP contribution in [0.1, 0.15) is 17.2 Å². The molecule has 0 fully saturated rings. The Bertz CT molecular complexity index is 456. The minimum Gasteiger partial charge on any atom is -0.320 e. The van der Waals surface area contributed by atoms with E-state index < -0.39 is 6.04 Å². The zero-order chi connectivity index (χ0) is 10.8. The Morgan fingerprint density at radius 2 is 2.13 bits per heavy atom. The van der Waals surface area contributed by atoms with Gasteiger partial charge >= 0.3 is 0 Å². The van der Waals surface area contributed by atoms with Gasteiger partial charge in [0.05, 0.1) is 10.5 Å². The monoisotopic (exact) mass is 285 g/mol. The van der Waals surface area contributed by atoms with E-state index in [-0.39, 0.29) is 5.82 Å². The maximum Gasteiger partial charge on any atom is 0.142 e. The van der Waals surface area contributed by atoms with Gasteiger partial charge in [0, 0.05) is 5.56 Å². The summed E-state index contributed by atoms with van der Waals surface area (Å²) < 4.78 is 14.2. The minimum atomic E-state index is -0.395. The van der Waals surface area contributed by atoms with Gasteiger partial charge in [-0.15, -0.1) is 0 Å². The molecule has 1 heterocycles. The Balaban J connectivity index is 2.42. The summed E-state index contributed by atoms with van der Waals surface area (Å²) in [5, 5.41) is 3.87. The van der Waals surface area contributed by atoms with Crippen LogP contribution in [0.15, 0.2) is 39.5 Å². The van der Waals surface area contributed by atoms with E-state index in [0.717, 1.165) is 5.56 Å². The molecule has 0 aliphatic carbocycles. The minimum absolute atomic E-state index is 0.281. The fourth-order valence-corrected chi connectivity index (χ4v) is 2.47. The summed E-state index contributed by atoms with van der Waals surface area (Å²) in [4.78, 5) is 0. The maximum atomic E-state index is 13.7. The smallest absolute Gasteiger partial charge is 0.142 e. The summed E-state index contributed by atoms with van der Waals surface area (Å²) >= 11 is 4.71. The van der Waals surface area contributed by atoms with Crippen LogP contribution in [0.3, 0.4) is 0 Å². The molecule has 0 bridgehead atoms. The average molecular weight is 286 g/mol. The van der Waals surface area contributed by atoms with E-state index in [0.29, 0.717) is 10.0 Å². The molecule has 0 aliphatic rings. The van der Waals surface area contributed by atoms with Crippen molar-refractivity contribution in [1.29, 1.82) is 0 Å². The van der Waals surface area contributed by atoms with Gasteiger partial charge in [0.2, 0.25) is 0 Å². The molecule has 0 radical (unpaired) electrons. The zero-order valence-electron chi connectivity index (χ0n) is 7.78. The first kappa shape index (κ1) is 10.8. The van der Waals surface area contributed by atoms with Crippen LogP contribution in [0.25, 0.3) is 0 Å². The molecular weight excluding hydrogens is 277 g/mol. The molecule has 0 saturated heterocycles. The number of halogens is 2. The Kier molecular flexibility index (Phi) is 3.19. The topological polar surface area (TPSA) is 26.0 Å². The molecule has 1 nitrogen and oxygen atoms in total. The highest BCUT2D eigenvalue weighted by Crippen LogP contribution is 2.27. The van der Waals surface area contributed by atoms with Gasteiger partial charge in [-0.2, -0.15) is 11.3 Å². The molecule has 0 spiro atoms. The second kappa shape index (κ2) is 4.43. The van der Waals surface area contributed by atoms with Crippen LogP contribution >= 0.6 is 27.3 Å². The molecule has 0 aliphatic heterocycles. The van der Waals surface area contributed by atoms with Gasteiger partial charge in [-0.05, 0) is 44.4 Å². The molecule has 2 rings (SSSR count). The summed E-state index contributed by atoms with van der Waals surface area (Å²) in [7, 11) is 0. The summed E-state index contributed by atoms with van der Waals surface area (Å²) in [6.07, 6.45) is 0. The summed E-state index contributed by atoms with van der Waals surface area (Å²) in [5.41, 5.74) is 7.43. The van der Waals surface area contributed by atoms with Crippen molar-refractivity contribution < 1.29 is 4.39 Å². The third kappa shape index (κ3) is 2.12. The second-order valence-electron chi connectivity index (χ2n) is 3.18. The van der Waals surface area contributed by atoms with Crippen LogP contribution < -0.4 is 5.73 Å². The SMILES string of the molecule is N[C@H](c1ccsc1)c1cccc(Br)c1F. The predicted octanol–water partition coefficient (Wildman–Crippen LogP) is 3.70. The largest absolute Gasteiger partial charge is 0.320 e. The van der Waals surface area contributed by atoms with Crippen molar-refractivity contribution in [3.63, 3.8) is 0 Å². The molecule has 1 aromatic carbocycles. The first-order chi connectivity index (χ1) is 7.20. The lowest BCUT2D eigenvalue weighted by Gasteiger charge is -2.12. The number of hydrogen-bond donors (Lipinski definition) is 1. The van der Waals surface area contributed by atoms with Crippen LogP contribution in [0.2, 0.25) is 0 Å². The Labute approximate surface area is 99.9 Å². The van der Waals surface area contributed by atoms with Crippen molar-refractivity contribution >= 4 is 27.3 Å². The quantitative estimate of drug-likeness (QED) is 0.895. The van der Waals surface area contributed by atoms with Gasteiger partial charge in [0.1, 0.15) is 5.82 Å². The van der Waals surface area contributed by atoms with Crippen LogP contribution in [-0.2, 0) is 0 Å². The molecule has 0 saturated carbocycles. The van der Waals surface area contributed by atoms with E-state index in [1.807, 2.05) is 16.8 Å². The predicted molar refractivity (Wildman–Crippen MR) is 64.4 cm³/mol. The fourth-order valence-electron chi connectivity index (χ4n) is 1.39. The van der Waals surface area contributed by atoms with Gasteiger partial charge < -0.3 is 5.73 Å². The fraction of sp³-hybridized carbons (Fsp3) is 0.0909. The van der Waals surface area contributed by atoms with Crippen LogP contribution in [0, 0.1) is 5.82 Å². The molecule has 4 heteroatoms. The first-order valence-electron chi connectivity index (χ1n) is 4.41. The molecule has 1 atom stereocenters. The van der Waals surface area contributed by atoms with Crippen molar-refractivity contribution in [2.75, 3.05) is 0 Å². The highest BCUT2D eigenvalue weighted by molar-refractivity contribution is 9.10. The first-order valence-corrected chi connectivity index (χ1v) is 6.15. The number of nitrogens with two attached hydrogens (primary N) is 1. The summed E-state index contributed by atoms with van der Waals surface area (Å²) in [6.45, 7) is 0. The highest BCUT2D eigenvalue weighted by Gasteiger charge is 2.15. The van der Waals surface area contributed by atoms with Crippen molar-refractivity contribution in [1.82, 2.24) is 0 Å². The van der Waals surface area contributed by atoms with Crippen molar-refractivity contribution in [3.05, 3.63) is 56.4 Å². The maximum absolute atomic E-state index is 13.7. The molecule has 0 unspecified atom stereocenters. The van der Waals surface area contributed by atoms with Crippen LogP contribution in [0.4, 0.5) is 4.39 Å². The molecule has 1 aromatic heterocycles. The van der Waals surface area contributed by atoms with Crippen LogP contribution in [-0.4, -0.2) is 0 Å². The molecule has 2 aromatic rings. The van der Waals surface area contributed by atoms with Crippen LogP contribution in [0.5, 0.6) is 0 Å². The van der Waals surface area contributed by atoms with Gasteiger partial charge in [0.25, 0.3) is 0 Å². The van der Waals surface area contributed by atoms with Crippen molar-refractivity contribution in [3.8, 4) is 0 Å². The number of thiophene rings is 1. The molecular formula is C11H9BrFNS. The molecule has 78 valence electrons. The average Bonchev–Trinajstić information content (AvgIpc) is 2.74. The number of rotatable bonds is 2. The lowest BCUT2D eigenvalue weighted by atomic mass is 10.0. The summed E-state index contributed by atoms with van der Waals surface area (Å²) in [5.74, 6) is -0.281. The third-order valence-electron chi connectivity index (χ3n) is 2.22. The molecule has 15 heavy (non-hydrogen) atoms. The lowest BCUT2D eigenvalue weighted by Crippen LogP contribution is -2.12. The Hall–Kier alpha value is -0.710. The number of hydrogen-bond acceptors (Lipinski definition) is 2. The van der Waals surface area contributed by atoms with Crippen molar-refractivity contribution in [2.24, 2.45) is 5.73 Å². The third-order valence-corrected chi connectivity index (χ3v) is 3.53. The van der Waals surface area contributed by atoms with Crippen molar-refractivity contribution in [2.45, 2.75) is 6.04 Å². The van der Waals surface area contributed by atoms with E-state index in [4.69, 9.17) is 5.73 Å². The summed E-state index contributed by atoms with van der Waals surface area (Å²) in [6, 6.07) is 6.68. The van der Waals surface area contributed by atoms with Gasteiger partial charge in [-0.1, -0.05) is 12.1 Å². The van der Waals surface area contributed by atoms with Gasteiger partial charge in [-0.3, -0.25) is 0 Å².